The van der Waals surface area contributed by atoms with E-state index in [4.69, 9.17) is 0 Å². The van der Waals surface area contributed by atoms with Gasteiger partial charge in [0.2, 0.25) is 0 Å². The van der Waals surface area contributed by atoms with Gasteiger partial charge in [-0.1, -0.05) is 33.8 Å². The van der Waals surface area contributed by atoms with Crippen LogP contribution in [-0.4, -0.2) is 4.98 Å². The van der Waals surface area contributed by atoms with Crippen molar-refractivity contribution in [1.82, 2.24) is 4.98 Å². The van der Waals surface area contributed by atoms with Gasteiger partial charge in [-0.05, 0) is 30.4 Å². The largest absolute Gasteiger partial charge is 0.256 e. The first-order chi connectivity index (χ1) is 7.47. The predicted octanol–water partition coefficient (Wildman–Crippen LogP) is 2.42. The van der Waals surface area contributed by atoms with Crippen molar-refractivity contribution < 1.29 is 0 Å². The number of hydrogen-bond acceptors (Lipinski definition) is 1. The molecule has 0 unspecified atom stereocenters. The van der Waals surface area contributed by atoms with Gasteiger partial charge in [-0.3, -0.25) is 4.98 Å². The van der Waals surface area contributed by atoms with Crippen molar-refractivity contribution in [2.24, 2.45) is 0 Å². The van der Waals surface area contributed by atoms with Crippen LogP contribution in [0, 0.1) is 0 Å². The summed E-state index contributed by atoms with van der Waals surface area (Å²) < 4.78 is 0. The highest BCUT2D eigenvalue weighted by atomic mass is 14.6. The third kappa shape index (κ3) is 4.44. The van der Waals surface area contributed by atoms with E-state index < -0.39 is 0 Å². The fraction of sp³-hybridized carbons (Fsp3) is 0.286. The standard InChI is InChI=1S/C10H7N.2C2H6/c1-2-5-9-6-4-8-11-10(9)7-3-1;2*1-2/h2-8H;2*1-2H3. The predicted molar refractivity (Wildman–Crippen MR) is 67.8 cm³/mol. The van der Waals surface area contributed by atoms with E-state index >= 15 is 0 Å². The van der Waals surface area contributed by atoms with Gasteiger partial charge in [-0.25, -0.2) is 0 Å². The lowest BCUT2D eigenvalue weighted by Crippen LogP contribution is -2.26. The fourth-order valence-corrected chi connectivity index (χ4v) is 1.03. The van der Waals surface area contributed by atoms with Gasteiger partial charge in [0.15, 0.2) is 0 Å². The van der Waals surface area contributed by atoms with Crippen LogP contribution in [0.5, 0.6) is 0 Å². The molecule has 0 saturated carbocycles. The molecule has 1 aliphatic carbocycles. The average Bonchev–Trinajstić information content (AvgIpc) is 2.59. The van der Waals surface area contributed by atoms with Crippen LogP contribution >= 0.6 is 0 Å². The molecule has 1 nitrogen and oxygen atoms in total. The second kappa shape index (κ2) is 8.98. The smallest absolute Gasteiger partial charge is 0.0708 e. The molecule has 0 aliphatic heterocycles. The average molecular weight is 201 g/mol. The third-order valence-electron chi connectivity index (χ3n) is 1.57. The molecular formula is C14H19N. The summed E-state index contributed by atoms with van der Waals surface area (Å²) in [5, 5.41) is 2.16. The molecule has 0 fully saturated rings. The normalized spacial score (nSPS) is 10.1. The Kier molecular flexibility index (Phi) is 8.03. The second-order valence-electron chi connectivity index (χ2n) is 2.31. The van der Waals surface area contributed by atoms with Crippen LogP contribution in [0.25, 0.3) is 12.2 Å². The molecule has 80 valence electrons. The van der Waals surface area contributed by atoms with Crippen LogP contribution in [-0.2, 0) is 0 Å². The highest BCUT2D eigenvalue weighted by Gasteiger charge is 1.82. The van der Waals surface area contributed by atoms with Crippen LogP contribution in [0.2, 0.25) is 0 Å². The van der Waals surface area contributed by atoms with Crippen LogP contribution in [0.15, 0.2) is 36.2 Å². The minimum atomic E-state index is 1.01. The van der Waals surface area contributed by atoms with E-state index in [0.717, 1.165) is 10.6 Å². The highest BCUT2D eigenvalue weighted by molar-refractivity contribution is 5.45. The Morgan fingerprint density at radius 1 is 1.00 bits per heavy atom. The van der Waals surface area contributed by atoms with Gasteiger partial charge in [0.05, 0.1) is 5.35 Å². The quantitative estimate of drug-likeness (QED) is 0.587. The molecule has 1 heteroatoms. The van der Waals surface area contributed by atoms with Gasteiger partial charge in [-0.15, -0.1) is 5.73 Å². The Balaban J connectivity index is 0.000000442. The molecule has 0 bridgehead atoms. The van der Waals surface area contributed by atoms with Crippen molar-refractivity contribution >= 4 is 12.2 Å². The number of fused-ring (bicyclic) bond motifs is 1. The molecule has 0 radical (unpaired) electrons. The SMILES string of the molecule is C1=CC=c2cccnc2=CC=1.CC.CC. The molecule has 1 heterocycles. The topological polar surface area (TPSA) is 12.9 Å². The molecule has 1 aromatic rings. The fourth-order valence-electron chi connectivity index (χ4n) is 1.03. The van der Waals surface area contributed by atoms with E-state index in [2.05, 4.69) is 10.7 Å². The summed E-state index contributed by atoms with van der Waals surface area (Å²) in [5.41, 5.74) is 2.99. The number of pyridine rings is 1. The summed E-state index contributed by atoms with van der Waals surface area (Å²) in [4.78, 5) is 4.20. The van der Waals surface area contributed by atoms with E-state index in [1.165, 1.54) is 0 Å². The molecule has 0 amide bonds. The summed E-state index contributed by atoms with van der Waals surface area (Å²) in [7, 11) is 0. The molecular weight excluding hydrogens is 182 g/mol. The maximum Gasteiger partial charge on any atom is 0.0708 e. The van der Waals surface area contributed by atoms with Crippen LogP contribution in [0.4, 0.5) is 0 Å². The van der Waals surface area contributed by atoms with Crippen molar-refractivity contribution in [2.75, 3.05) is 0 Å². The maximum absolute atomic E-state index is 4.20. The zero-order valence-electron chi connectivity index (χ0n) is 9.99. The van der Waals surface area contributed by atoms with E-state index in [0.29, 0.717) is 0 Å². The van der Waals surface area contributed by atoms with Crippen LogP contribution in [0.1, 0.15) is 27.7 Å². The number of aromatic nitrogens is 1. The van der Waals surface area contributed by atoms with E-state index in [1.807, 2.05) is 64.1 Å². The Labute approximate surface area is 92.2 Å². The van der Waals surface area contributed by atoms with Crippen molar-refractivity contribution in [1.29, 1.82) is 0 Å². The van der Waals surface area contributed by atoms with Gasteiger partial charge in [0.25, 0.3) is 0 Å². The highest BCUT2D eigenvalue weighted by Crippen LogP contribution is 1.77. The molecule has 2 rings (SSSR count). The van der Waals surface area contributed by atoms with Gasteiger partial charge in [-0.2, -0.15) is 0 Å². The first-order valence-electron chi connectivity index (χ1n) is 5.51. The van der Waals surface area contributed by atoms with Crippen molar-refractivity contribution in [2.45, 2.75) is 27.7 Å². The van der Waals surface area contributed by atoms with Gasteiger partial charge in [0, 0.05) is 11.4 Å². The molecule has 15 heavy (non-hydrogen) atoms. The Morgan fingerprint density at radius 2 is 1.67 bits per heavy atom. The minimum absolute atomic E-state index is 1.01. The molecule has 0 spiro atoms. The Morgan fingerprint density at radius 3 is 2.40 bits per heavy atom. The summed E-state index contributed by atoms with van der Waals surface area (Å²) in [5.74, 6) is 0. The van der Waals surface area contributed by atoms with Gasteiger partial charge in [0.1, 0.15) is 0 Å². The lowest BCUT2D eigenvalue weighted by molar-refractivity contribution is 1.22. The van der Waals surface area contributed by atoms with Crippen LogP contribution in [0.3, 0.4) is 0 Å². The number of rotatable bonds is 0. The van der Waals surface area contributed by atoms with Gasteiger partial charge < -0.3 is 0 Å². The molecule has 0 N–H and O–H groups in total. The van der Waals surface area contributed by atoms with Crippen molar-refractivity contribution in [3.63, 3.8) is 0 Å². The number of nitrogens with zero attached hydrogens (tertiary/aromatic N) is 1. The van der Waals surface area contributed by atoms with E-state index in [-0.39, 0.29) is 0 Å². The lowest BCUT2D eigenvalue weighted by Gasteiger charge is -1.84. The molecule has 0 aromatic carbocycles. The summed E-state index contributed by atoms with van der Waals surface area (Å²) in [6.45, 7) is 8.00. The number of hydrogen-bond donors (Lipinski definition) is 0. The summed E-state index contributed by atoms with van der Waals surface area (Å²) in [6.07, 6.45) is 9.51. The first-order valence-corrected chi connectivity index (χ1v) is 5.51. The maximum atomic E-state index is 4.20. The van der Waals surface area contributed by atoms with Crippen LogP contribution < -0.4 is 10.6 Å². The van der Waals surface area contributed by atoms with E-state index in [9.17, 15) is 0 Å². The zero-order valence-corrected chi connectivity index (χ0v) is 9.99. The van der Waals surface area contributed by atoms with Crippen molar-refractivity contribution in [3.8, 4) is 0 Å². The van der Waals surface area contributed by atoms with Crippen molar-refractivity contribution in [3.05, 3.63) is 46.8 Å². The summed E-state index contributed by atoms with van der Waals surface area (Å²) >= 11 is 0. The number of allylic oxidation sites excluding steroid dienone is 1. The zero-order chi connectivity index (χ0) is 11.5. The minimum Gasteiger partial charge on any atom is -0.256 e. The van der Waals surface area contributed by atoms with Gasteiger partial charge >= 0.3 is 0 Å². The van der Waals surface area contributed by atoms with E-state index in [1.54, 1.807) is 6.20 Å². The summed E-state index contributed by atoms with van der Waals surface area (Å²) in [6, 6.07) is 3.97. The Hall–Kier alpha value is -1.59. The molecule has 1 aliphatic rings. The monoisotopic (exact) mass is 201 g/mol. The lowest BCUT2D eigenvalue weighted by atomic mass is 10.3. The molecule has 1 aromatic heterocycles. The molecule has 0 atom stereocenters. The Bertz CT molecular complexity index is 396. The second-order valence-corrected chi connectivity index (χ2v) is 2.31. The third-order valence-corrected chi connectivity index (χ3v) is 1.57. The molecule has 0 saturated heterocycles. The first kappa shape index (κ1) is 13.4.